The molecule has 1 N–H and O–H groups in total. The van der Waals surface area contributed by atoms with Crippen molar-refractivity contribution >= 4 is 48.7 Å². The van der Waals surface area contributed by atoms with Crippen molar-refractivity contribution in [3.05, 3.63) is 68.8 Å². The number of amides is 1. The lowest BCUT2D eigenvalue weighted by Crippen LogP contribution is -2.23. The fraction of sp³-hybridized carbons (Fsp3) is 0.150. The third kappa shape index (κ3) is 3.25. The molecule has 0 saturated carbocycles. The molecular weight excluding hydrogens is 462 g/mol. The van der Waals surface area contributed by atoms with Crippen LogP contribution >= 0.6 is 27.3 Å². The number of benzene rings is 2. The second kappa shape index (κ2) is 7.35. The van der Waals surface area contributed by atoms with Crippen molar-refractivity contribution in [1.82, 2.24) is 0 Å². The molecule has 0 fully saturated rings. The van der Waals surface area contributed by atoms with Gasteiger partial charge in [0.05, 0.1) is 17.7 Å². The van der Waals surface area contributed by atoms with Crippen LogP contribution in [0.15, 0.2) is 68.2 Å². The summed E-state index contributed by atoms with van der Waals surface area (Å²) in [6.07, 6.45) is 0.227. The van der Waals surface area contributed by atoms with Crippen LogP contribution in [0.1, 0.15) is 22.8 Å². The van der Waals surface area contributed by atoms with E-state index in [4.69, 9.17) is 4.74 Å². The average molecular weight is 478 g/mol. The fourth-order valence-corrected chi connectivity index (χ4v) is 6.66. The van der Waals surface area contributed by atoms with Gasteiger partial charge in [-0.3, -0.25) is 4.79 Å². The van der Waals surface area contributed by atoms with Gasteiger partial charge in [0.25, 0.3) is 0 Å². The maximum absolute atomic E-state index is 13.1. The highest BCUT2D eigenvalue weighted by Gasteiger charge is 2.35. The molecule has 1 aromatic heterocycles. The van der Waals surface area contributed by atoms with Crippen LogP contribution in [0.5, 0.6) is 5.75 Å². The Morgan fingerprint density at radius 1 is 1.18 bits per heavy atom. The largest absolute Gasteiger partial charge is 0.496 e. The molecule has 28 heavy (non-hydrogen) atoms. The SMILES string of the molecule is COc1ccc(Br)cc1[C@@H]1CC(=O)Nc2c(S(=O)(=O)c3ccccc3)csc21. The van der Waals surface area contributed by atoms with Gasteiger partial charge in [-0.25, -0.2) is 8.42 Å². The van der Waals surface area contributed by atoms with Crippen LogP contribution < -0.4 is 10.1 Å². The van der Waals surface area contributed by atoms with Crippen LogP contribution in [0.25, 0.3) is 0 Å². The van der Waals surface area contributed by atoms with E-state index >= 15 is 0 Å². The van der Waals surface area contributed by atoms with Gasteiger partial charge in [0.15, 0.2) is 0 Å². The Kier molecular flexibility index (Phi) is 5.03. The normalized spacial score (nSPS) is 16.4. The number of sulfone groups is 1. The summed E-state index contributed by atoms with van der Waals surface area (Å²) < 4.78 is 32.6. The summed E-state index contributed by atoms with van der Waals surface area (Å²) in [5.41, 5.74) is 1.22. The topological polar surface area (TPSA) is 72.5 Å². The van der Waals surface area contributed by atoms with E-state index in [1.165, 1.54) is 11.3 Å². The van der Waals surface area contributed by atoms with Gasteiger partial charge >= 0.3 is 0 Å². The molecule has 0 radical (unpaired) electrons. The molecule has 0 saturated heterocycles. The Balaban J connectivity index is 1.87. The molecule has 8 heteroatoms. The number of ether oxygens (including phenoxy) is 1. The minimum absolute atomic E-state index is 0.130. The lowest BCUT2D eigenvalue weighted by atomic mass is 9.90. The van der Waals surface area contributed by atoms with E-state index in [1.54, 1.807) is 42.8 Å². The molecule has 2 aromatic carbocycles. The predicted molar refractivity (Wildman–Crippen MR) is 112 cm³/mol. The standard InChI is InChI=1S/C20H16BrNO4S2/c1-26-16-8-7-12(21)9-14(16)15-10-18(23)22-19-17(11-27-20(15)19)28(24,25)13-5-3-2-4-6-13/h2-9,11,15H,10H2,1H3,(H,22,23)/t15-/m0/s1. The first kappa shape index (κ1) is 19.2. The predicted octanol–water partition coefficient (Wildman–Crippen LogP) is 4.83. The molecule has 2 heterocycles. The molecule has 4 rings (SSSR count). The summed E-state index contributed by atoms with van der Waals surface area (Å²) in [5, 5.41) is 4.38. The van der Waals surface area contributed by atoms with Crippen LogP contribution in [0.4, 0.5) is 5.69 Å². The summed E-state index contributed by atoms with van der Waals surface area (Å²) in [5.74, 6) is 0.165. The Hall–Kier alpha value is -2.16. The number of thiophene rings is 1. The molecule has 0 bridgehead atoms. The Morgan fingerprint density at radius 3 is 2.64 bits per heavy atom. The zero-order chi connectivity index (χ0) is 19.9. The van der Waals surface area contributed by atoms with Crippen molar-refractivity contribution < 1.29 is 17.9 Å². The summed E-state index contributed by atoms with van der Waals surface area (Å²) in [4.78, 5) is 13.6. The molecule has 1 atom stereocenters. The van der Waals surface area contributed by atoms with E-state index in [0.717, 1.165) is 14.9 Å². The number of halogens is 1. The van der Waals surface area contributed by atoms with Crippen molar-refractivity contribution in [3.63, 3.8) is 0 Å². The number of methoxy groups -OCH3 is 1. The molecule has 3 aromatic rings. The quantitative estimate of drug-likeness (QED) is 0.584. The zero-order valence-corrected chi connectivity index (χ0v) is 18.0. The van der Waals surface area contributed by atoms with Crippen molar-refractivity contribution in [2.45, 2.75) is 22.1 Å². The Morgan fingerprint density at radius 2 is 1.93 bits per heavy atom. The van der Waals surface area contributed by atoms with E-state index in [0.29, 0.717) is 11.4 Å². The van der Waals surface area contributed by atoms with Gasteiger partial charge in [0.2, 0.25) is 15.7 Å². The molecule has 1 aliphatic heterocycles. The van der Waals surface area contributed by atoms with E-state index in [1.807, 2.05) is 18.2 Å². The maximum atomic E-state index is 13.1. The number of nitrogens with one attached hydrogen (secondary N) is 1. The maximum Gasteiger partial charge on any atom is 0.225 e. The number of carbonyl (C=O) groups is 1. The second-order valence-electron chi connectivity index (χ2n) is 6.35. The molecule has 1 amide bonds. The van der Waals surface area contributed by atoms with E-state index < -0.39 is 9.84 Å². The number of carbonyl (C=O) groups excluding carboxylic acids is 1. The molecule has 144 valence electrons. The van der Waals surface area contributed by atoms with Crippen molar-refractivity contribution in [2.24, 2.45) is 0 Å². The van der Waals surface area contributed by atoms with E-state index in [-0.39, 0.29) is 28.0 Å². The summed E-state index contributed by atoms with van der Waals surface area (Å²) in [6.45, 7) is 0. The molecule has 0 spiro atoms. The lowest BCUT2D eigenvalue weighted by molar-refractivity contribution is -0.116. The number of rotatable bonds is 4. The van der Waals surface area contributed by atoms with Gasteiger partial charge in [-0.05, 0) is 30.3 Å². The average Bonchev–Trinajstić information content (AvgIpc) is 3.12. The first-order valence-corrected chi connectivity index (χ1v) is 11.6. The van der Waals surface area contributed by atoms with Gasteiger partial charge in [-0.15, -0.1) is 11.3 Å². The van der Waals surface area contributed by atoms with Crippen LogP contribution in [0.3, 0.4) is 0 Å². The van der Waals surface area contributed by atoms with Crippen LogP contribution in [-0.2, 0) is 14.6 Å². The van der Waals surface area contributed by atoms with Crippen LogP contribution in [-0.4, -0.2) is 21.4 Å². The van der Waals surface area contributed by atoms with E-state index in [2.05, 4.69) is 21.2 Å². The minimum atomic E-state index is -3.73. The molecule has 5 nitrogen and oxygen atoms in total. The summed E-state index contributed by atoms with van der Waals surface area (Å²) in [6, 6.07) is 13.8. The Labute approximate surface area is 175 Å². The first-order chi connectivity index (χ1) is 13.4. The number of fused-ring (bicyclic) bond motifs is 1. The van der Waals surface area contributed by atoms with Crippen molar-refractivity contribution in [2.75, 3.05) is 12.4 Å². The highest BCUT2D eigenvalue weighted by Crippen LogP contribution is 2.48. The third-order valence-corrected chi connectivity index (χ3v) is 8.20. The van der Waals surface area contributed by atoms with Gasteiger partial charge in [0, 0.05) is 32.6 Å². The van der Waals surface area contributed by atoms with Crippen LogP contribution in [0, 0.1) is 0 Å². The highest BCUT2D eigenvalue weighted by molar-refractivity contribution is 9.10. The number of hydrogen-bond donors (Lipinski definition) is 1. The lowest BCUT2D eigenvalue weighted by Gasteiger charge is -2.25. The van der Waals surface area contributed by atoms with Crippen molar-refractivity contribution in [3.8, 4) is 5.75 Å². The van der Waals surface area contributed by atoms with Crippen LogP contribution in [0.2, 0.25) is 0 Å². The zero-order valence-electron chi connectivity index (χ0n) is 14.8. The first-order valence-electron chi connectivity index (χ1n) is 8.46. The Bertz CT molecular complexity index is 1160. The van der Waals surface area contributed by atoms with Gasteiger partial charge < -0.3 is 10.1 Å². The van der Waals surface area contributed by atoms with Crippen molar-refractivity contribution in [1.29, 1.82) is 0 Å². The minimum Gasteiger partial charge on any atom is -0.496 e. The summed E-state index contributed by atoms with van der Waals surface area (Å²) >= 11 is 4.80. The smallest absolute Gasteiger partial charge is 0.225 e. The number of anilines is 1. The molecular formula is C20H16BrNO4S2. The highest BCUT2D eigenvalue weighted by atomic mass is 79.9. The summed E-state index contributed by atoms with van der Waals surface area (Å²) in [7, 11) is -2.16. The van der Waals surface area contributed by atoms with E-state index in [9.17, 15) is 13.2 Å². The monoisotopic (exact) mass is 477 g/mol. The van der Waals surface area contributed by atoms with Gasteiger partial charge in [-0.1, -0.05) is 34.1 Å². The third-order valence-electron chi connectivity index (χ3n) is 4.67. The molecule has 1 aliphatic rings. The second-order valence-corrected chi connectivity index (χ2v) is 10.1. The molecule has 0 unspecified atom stereocenters. The fourth-order valence-electron chi connectivity index (χ4n) is 3.36. The molecule has 0 aliphatic carbocycles. The van der Waals surface area contributed by atoms with Gasteiger partial charge in [-0.2, -0.15) is 0 Å². The number of hydrogen-bond acceptors (Lipinski definition) is 5. The van der Waals surface area contributed by atoms with Gasteiger partial charge in [0.1, 0.15) is 10.6 Å².